The van der Waals surface area contributed by atoms with E-state index in [0.29, 0.717) is 5.02 Å². The lowest BCUT2D eigenvalue weighted by Gasteiger charge is -2.17. The van der Waals surface area contributed by atoms with Crippen LogP contribution in [0.5, 0.6) is 0 Å². The molecular weight excluding hydrogens is 394 g/mol. The van der Waals surface area contributed by atoms with Gasteiger partial charge in [-0.25, -0.2) is 0 Å². The van der Waals surface area contributed by atoms with E-state index in [1.807, 2.05) is 63.8 Å². The first-order chi connectivity index (χ1) is 13.7. The van der Waals surface area contributed by atoms with Gasteiger partial charge < -0.3 is 9.88 Å². The van der Waals surface area contributed by atoms with E-state index >= 15 is 0 Å². The molecule has 0 saturated heterocycles. The number of carbonyl (C=O) groups is 1. The zero-order valence-electron chi connectivity index (χ0n) is 15.4. The number of pyridine rings is 1. The normalized spacial score (nSPS) is 12.5. The Kier molecular flexibility index (Phi) is 5.54. The number of nitrogens with zero attached hydrogens (tertiary/aromatic N) is 4. The van der Waals surface area contributed by atoms with Crippen LogP contribution < -0.4 is 5.32 Å². The number of thioether (sulfide) groups is 1. The summed E-state index contributed by atoms with van der Waals surface area (Å²) in [5, 5.41) is 13.3. The van der Waals surface area contributed by atoms with Gasteiger partial charge in [-0.3, -0.25) is 9.20 Å². The molecule has 144 valence electrons. The molecule has 1 N–H and O–H groups in total. The van der Waals surface area contributed by atoms with Crippen molar-refractivity contribution < 1.29 is 4.79 Å². The maximum Gasteiger partial charge on any atom is 0.240 e. The predicted molar refractivity (Wildman–Crippen MR) is 114 cm³/mol. The summed E-state index contributed by atoms with van der Waals surface area (Å²) in [6.07, 6.45) is 6.64. The van der Waals surface area contributed by atoms with Crippen LogP contribution in [0.3, 0.4) is 0 Å². The number of rotatable bonds is 7. The number of halogens is 1. The summed E-state index contributed by atoms with van der Waals surface area (Å²) in [6.45, 7) is 0.219. The maximum absolute atomic E-state index is 12.8. The van der Waals surface area contributed by atoms with Crippen LogP contribution in [0.4, 0.5) is 0 Å². The topological polar surface area (TPSA) is 64.2 Å². The van der Waals surface area contributed by atoms with Gasteiger partial charge in [-0.1, -0.05) is 23.7 Å². The summed E-state index contributed by atoms with van der Waals surface area (Å²) in [6, 6.07) is 13.2. The van der Waals surface area contributed by atoms with Gasteiger partial charge >= 0.3 is 0 Å². The van der Waals surface area contributed by atoms with Crippen molar-refractivity contribution >= 4 is 45.8 Å². The zero-order valence-corrected chi connectivity index (χ0v) is 17.0. The molecule has 3 aromatic heterocycles. The molecule has 0 aliphatic carbocycles. The second-order valence-electron chi connectivity index (χ2n) is 6.50. The van der Waals surface area contributed by atoms with E-state index in [-0.39, 0.29) is 18.5 Å². The van der Waals surface area contributed by atoms with E-state index in [1.165, 1.54) is 0 Å². The molecule has 1 atom stereocenters. The van der Waals surface area contributed by atoms with E-state index in [9.17, 15) is 4.79 Å². The molecule has 4 aromatic rings. The molecule has 6 nitrogen and oxygen atoms in total. The molecule has 3 heterocycles. The molecule has 0 aliphatic rings. The average molecular weight is 414 g/mol. The Hall–Kier alpha value is -2.51. The first-order valence-corrected chi connectivity index (χ1v) is 10.8. The van der Waals surface area contributed by atoms with Gasteiger partial charge in [0.2, 0.25) is 5.91 Å². The number of hydrogen-bond acceptors (Lipinski definition) is 4. The van der Waals surface area contributed by atoms with Crippen molar-refractivity contribution in [3.8, 4) is 0 Å². The third kappa shape index (κ3) is 3.72. The second kappa shape index (κ2) is 8.24. The molecule has 1 aromatic carbocycles. The van der Waals surface area contributed by atoms with Crippen molar-refractivity contribution in [3.63, 3.8) is 0 Å². The van der Waals surface area contributed by atoms with Gasteiger partial charge in [0, 0.05) is 28.3 Å². The summed E-state index contributed by atoms with van der Waals surface area (Å²) in [4.78, 5) is 12.8. The van der Waals surface area contributed by atoms with Crippen molar-refractivity contribution in [2.24, 2.45) is 0 Å². The average Bonchev–Trinajstić information content (AvgIpc) is 3.30. The molecular formula is C20H20ClN5OS. The summed E-state index contributed by atoms with van der Waals surface area (Å²) >= 11 is 7.98. The lowest BCUT2D eigenvalue weighted by atomic mass is 10.2. The minimum absolute atomic E-state index is 0.0729. The van der Waals surface area contributed by atoms with Crippen molar-refractivity contribution in [2.45, 2.75) is 19.0 Å². The Labute approximate surface area is 171 Å². The maximum atomic E-state index is 12.8. The minimum atomic E-state index is -0.206. The molecule has 4 rings (SSSR count). The van der Waals surface area contributed by atoms with Crippen LogP contribution in [0.15, 0.2) is 54.9 Å². The summed E-state index contributed by atoms with van der Waals surface area (Å²) < 4.78 is 3.83. The highest BCUT2D eigenvalue weighted by molar-refractivity contribution is 7.98. The third-order valence-corrected chi connectivity index (χ3v) is 5.65. The zero-order chi connectivity index (χ0) is 19.5. The number of nitrogens with one attached hydrogen (secondary N) is 1. The van der Waals surface area contributed by atoms with E-state index < -0.39 is 0 Å². The number of benzene rings is 1. The molecule has 0 spiro atoms. The Morgan fingerprint density at radius 1 is 1.18 bits per heavy atom. The fraction of sp³-hybridized carbons (Fsp3) is 0.250. The fourth-order valence-corrected chi connectivity index (χ4v) is 4.02. The molecule has 28 heavy (non-hydrogen) atoms. The van der Waals surface area contributed by atoms with Crippen LogP contribution in [-0.4, -0.2) is 37.1 Å². The summed E-state index contributed by atoms with van der Waals surface area (Å²) in [5.74, 6) is 1.59. The lowest BCUT2D eigenvalue weighted by Crippen LogP contribution is -2.33. The van der Waals surface area contributed by atoms with Gasteiger partial charge in [0.25, 0.3) is 0 Å². The first kappa shape index (κ1) is 18.8. The second-order valence-corrected chi connectivity index (χ2v) is 7.90. The standard InChI is InChI=1S/C20H20ClN5OS/c1-28-12-9-16(20-24-23-18-7-2-3-10-26(18)20)22-19(27)13-25-11-8-14-15(21)5-4-6-17(14)25/h2-8,10-11,16H,9,12-13H2,1H3,(H,22,27)/t16-/m0/s1. The van der Waals surface area contributed by atoms with Gasteiger partial charge in [0.05, 0.1) is 6.04 Å². The van der Waals surface area contributed by atoms with Gasteiger partial charge in [-0.2, -0.15) is 11.8 Å². The Morgan fingerprint density at radius 3 is 2.93 bits per heavy atom. The van der Waals surface area contributed by atoms with Gasteiger partial charge in [-0.15, -0.1) is 10.2 Å². The quantitative estimate of drug-likeness (QED) is 0.498. The van der Waals surface area contributed by atoms with Crippen molar-refractivity contribution in [1.82, 2.24) is 24.5 Å². The summed E-state index contributed by atoms with van der Waals surface area (Å²) in [5.41, 5.74) is 1.71. The Bertz CT molecular complexity index is 1120. The minimum Gasteiger partial charge on any atom is -0.344 e. The van der Waals surface area contributed by atoms with Crippen molar-refractivity contribution in [3.05, 3.63) is 65.7 Å². The molecule has 0 unspecified atom stereocenters. The van der Waals surface area contributed by atoms with Crippen LogP contribution in [0.2, 0.25) is 5.02 Å². The largest absolute Gasteiger partial charge is 0.344 e. The van der Waals surface area contributed by atoms with Crippen LogP contribution in [0.1, 0.15) is 18.3 Å². The molecule has 0 saturated carbocycles. The monoisotopic (exact) mass is 413 g/mol. The van der Waals surface area contributed by atoms with Gasteiger partial charge in [0.15, 0.2) is 11.5 Å². The highest BCUT2D eigenvalue weighted by Crippen LogP contribution is 2.24. The van der Waals surface area contributed by atoms with Gasteiger partial charge in [-0.05, 0) is 48.8 Å². The molecule has 1 amide bonds. The number of aromatic nitrogens is 4. The first-order valence-electron chi connectivity index (χ1n) is 8.98. The number of hydrogen-bond donors (Lipinski definition) is 1. The predicted octanol–water partition coefficient (Wildman–Crippen LogP) is 3.95. The SMILES string of the molecule is CSCC[C@H](NC(=O)Cn1ccc2c(Cl)cccc21)c1nnc2ccccn12. The highest BCUT2D eigenvalue weighted by atomic mass is 35.5. The molecule has 0 fully saturated rings. The number of amides is 1. The lowest BCUT2D eigenvalue weighted by molar-refractivity contribution is -0.122. The molecule has 0 radical (unpaired) electrons. The van der Waals surface area contributed by atoms with E-state index in [2.05, 4.69) is 21.8 Å². The van der Waals surface area contributed by atoms with E-state index in [1.54, 1.807) is 11.8 Å². The number of fused-ring (bicyclic) bond motifs is 2. The Morgan fingerprint density at radius 2 is 2.07 bits per heavy atom. The fourth-order valence-electron chi connectivity index (χ4n) is 3.32. The van der Waals surface area contributed by atoms with Crippen LogP contribution in [-0.2, 0) is 11.3 Å². The van der Waals surface area contributed by atoms with E-state index in [0.717, 1.165) is 34.5 Å². The summed E-state index contributed by atoms with van der Waals surface area (Å²) in [7, 11) is 0. The third-order valence-electron chi connectivity index (χ3n) is 4.67. The van der Waals surface area contributed by atoms with Crippen molar-refractivity contribution in [1.29, 1.82) is 0 Å². The van der Waals surface area contributed by atoms with Crippen molar-refractivity contribution in [2.75, 3.05) is 12.0 Å². The van der Waals surface area contributed by atoms with Crippen LogP contribution in [0.25, 0.3) is 16.6 Å². The molecule has 0 aliphatic heterocycles. The van der Waals surface area contributed by atoms with Gasteiger partial charge in [0.1, 0.15) is 6.54 Å². The van der Waals surface area contributed by atoms with Crippen LogP contribution in [0, 0.1) is 0 Å². The number of carbonyl (C=O) groups excluding carboxylic acids is 1. The van der Waals surface area contributed by atoms with Crippen LogP contribution >= 0.6 is 23.4 Å². The molecule has 0 bridgehead atoms. The molecule has 8 heteroatoms. The van der Waals surface area contributed by atoms with E-state index in [4.69, 9.17) is 11.6 Å². The Balaban J connectivity index is 1.56. The highest BCUT2D eigenvalue weighted by Gasteiger charge is 2.20. The smallest absolute Gasteiger partial charge is 0.240 e.